The summed E-state index contributed by atoms with van der Waals surface area (Å²) in [6.45, 7) is 4.02. The van der Waals surface area contributed by atoms with Gasteiger partial charge in [-0.3, -0.25) is 0 Å². The van der Waals surface area contributed by atoms with Crippen molar-refractivity contribution >= 4 is 21.9 Å². The maximum absolute atomic E-state index is 13.2. The van der Waals surface area contributed by atoms with Gasteiger partial charge in [-0.15, -0.1) is 0 Å². The highest BCUT2D eigenvalue weighted by Crippen LogP contribution is 2.24. The van der Waals surface area contributed by atoms with E-state index < -0.39 is 21.2 Å². The lowest BCUT2D eigenvalue weighted by molar-refractivity contribution is 0.0897. The Kier molecular flexibility index (Phi) is 7.84. The van der Waals surface area contributed by atoms with Gasteiger partial charge in [-0.1, -0.05) is 30.3 Å². The molecular formula is C23H31N5O5S. The Morgan fingerprint density at radius 3 is 2.47 bits per heavy atom. The first-order valence-electron chi connectivity index (χ1n) is 11.5. The van der Waals surface area contributed by atoms with Crippen molar-refractivity contribution in [2.45, 2.75) is 30.5 Å². The van der Waals surface area contributed by atoms with E-state index in [4.69, 9.17) is 9.47 Å². The molecule has 0 atom stereocenters. The zero-order chi connectivity index (χ0) is 24.0. The van der Waals surface area contributed by atoms with Crippen molar-refractivity contribution in [1.29, 1.82) is 0 Å². The van der Waals surface area contributed by atoms with E-state index in [1.165, 1.54) is 7.11 Å². The fraction of sp³-hybridized carbons (Fsp3) is 0.522. The lowest BCUT2D eigenvalue weighted by Crippen LogP contribution is -2.44. The van der Waals surface area contributed by atoms with Crippen LogP contribution in [0.25, 0.3) is 0 Å². The fourth-order valence-electron chi connectivity index (χ4n) is 4.18. The third kappa shape index (κ3) is 6.15. The summed E-state index contributed by atoms with van der Waals surface area (Å²) in [7, 11) is -1.96. The van der Waals surface area contributed by atoms with Gasteiger partial charge in [-0.2, -0.15) is 4.98 Å². The number of methoxy groups -OCH3 is 1. The van der Waals surface area contributed by atoms with Crippen molar-refractivity contribution < 1.29 is 22.7 Å². The highest BCUT2D eigenvalue weighted by molar-refractivity contribution is 7.91. The zero-order valence-electron chi connectivity index (χ0n) is 19.4. The molecule has 0 bridgehead atoms. The minimum Gasteiger partial charge on any atom is -0.481 e. The van der Waals surface area contributed by atoms with Crippen molar-refractivity contribution in [2.75, 3.05) is 51.3 Å². The van der Waals surface area contributed by atoms with E-state index >= 15 is 0 Å². The SMILES string of the molecule is COc1cc(CS(=O)(=O)C2CCN(C(=O)OCc3ccccc3)CC2)nc(N2CCNCC2)n1. The molecule has 3 heterocycles. The normalized spacial score (nSPS) is 17.4. The molecule has 184 valence electrons. The zero-order valence-corrected chi connectivity index (χ0v) is 20.2. The Bertz CT molecular complexity index is 1070. The van der Waals surface area contributed by atoms with Crippen LogP contribution in [0, 0.1) is 0 Å². The highest BCUT2D eigenvalue weighted by Gasteiger charge is 2.33. The third-order valence-corrected chi connectivity index (χ3v) is 8.30. The summed E-state index contributed by atoms with van der Waals surface area (Å²) in [6, 6.07) is 11.0. The molecular weight excluding hydrogens is 458 g/mol. The van der Waals surface area contributed by atoms with E-state index in [0.717, 1.165) is 31.7 Å². The molecule has 2 fully saturated rings. The summed E-state index contributed by atoms with van der Waals surface area (Å²) >= 11 is 0. The summed E-state index contributed by atoms with van der Waals surface area (Å²) in [5.41, 5.74) is 1.33. The molecule has 0 aliphatic carbocycles. The topological polar surface area (TPSA) is 114 Å². The maximum Gasteiger partial charge on any atom is 0.410 e. The average molecular weight is 490 g/mol. The number of ether oxygens (including phenoxy) is 2. The summed E-state index contributed by atoms with van der Waals surface area (Å²) in [5.74, 6) is 0.653. The Labute approximate surface area is 200 Å². The summed E-state index contributed by atoms with van der Waals surface area (Å²) < 4.78 is 37.0. The van der Waals surface area contributed by atoms with Gasteiger partial charge in [0.25, 0.3) is 0 Å². The number of rotatable bonds is 7. The Morgan fingerprint density at radius 2 is 1.79 bits per heavy atom. The second kappa shape index (κ2) is 11.0. The van der Waals surface area contributed by atoms with Gasteiger partial charge in [0, 0.05) is 45.3 Å². The first kappa shape index (κ1) is 24.2. The molecule has 2 aromatic rings. The van der Waals surface area contributed by atoms with Crippen molar-refractivity contribution in [2.24, 2.45) is 0 Å². The van der Waals surface area contributed by atoms with Crippen molar-refractivity contribution in [3.63, 3.8) is 0 Å². The molecule has 11 heteroatoms. The van der Waals surface area contributed by atoms with Gasteiger partial charge in [0.2, 0.25) is 11.8 Å². The van der Waals surface area contributed by atoms with E-state index in [1.54, 1.807) is 11.0 Å². The van der Waals surface area contributed by atoms with Crippen LogP contribution < -0.4 is 15.0 Å². The molecule has 1 aromatic carbocycles. The quantitative estimate of drug-likeness (QED) is 0.619. The smallest absolute Gasteiger partial charge is 0.410 e. The number of nitrogens with one attached hydrogen (secondary N) is 1. The van der Waals surface area contributed by atoms with E-state index in [2.05, 4.69) is 15.3 Å². The average Bonchev–Trinajstić information content (AvgIpc) is 2.88. The molecule has 4 rings (SSSR count). The van der Waals surface area contributed by atoms with E-state index in [-0.39, 0.29) is 12.4 Å². The number of piperazine rings is 1. The number of nitrogens with zero attached hydrogens (tertiary/aromatic N) is 4. The molecule has 1 aromatic heterocycles. The van der Waals surface area contributed by atoms with E-state index in [9.17, 15) is 13.2 Å². The molecule has 2 aliphatic rings. The van der Waals surface area contributed by atoms with Gasteiger partial charge < -0.3 is 24.6 Å². The number of likely N-dealkylation sites (tertiary alicyclic amines) is 1. The first-order valence-corrected chi connectivity index (χ1v) is 13.2. The Hall–Kier alpha value is -2.92. The first-order chi connectivity index (χ1) is 16.4. The van der Waals surface area contributed by atoms with Gasteiger partial charge in [0.05, 0.1) is 23.8 Å². The summed E-state index contributed by atoms with van der Waals surface area (Å²) in [4.78, 5) is 24.9. The highest BCUT2D eigenvalue weighted by atomic mass is 32.2. The van der Waals surface area contributed by atoms with Crippen LogP contribution in [0.15, 0.2) is 36.4 Å². The molecule has 2 aliphatic heterocycles. The summed E-state index contributed by atoms with van der Waals surface area (Å²) in [5, 5.41) is 2.74. The number of carbonyl (C=O) groups excluding carboxylic acids is 1. The van der Waals surface area contributed by atoms with Gasteiger partial charge in [-0.05, 0) is 18.4 Å². The molecule has 0 saturated carbocycles. The number of piperidine rings is 1. The van der Waals surface area contributed by atoms with Crippen LogP contribution in [0.3, 0.4) is 0 Å². The molecule has 0 unspecified atom stereocenters. The number of aromatic nitrogens is 2. The van der Waals surface area contributed by atoms with Crippen LogP contribution in [-0.4, -0.2) is 81.0 Å². The van der Waals surface area contributed by atoms with Gasteiger partial charge >= 0.3 is 6.09 Å². The number of anilines is 1. The third-order valence-electron chi connectivity index (χ3n) is 6.12. The van der Waals surface area contributed by atoms with E-state index in [0.29, 0.717) is 43.5 Å². The lowest BCUT2D eigenvalue weighted by atomic mass is 10.1. The number of benzene rings is 1. The number of carbonyl (C=O) groups is 1. The molecule has 2 saturated heterocycles. The molecule has 34 heavy (non-hydrogen) atoms. The second-order valence-electron chi connectivity index (χ2n) is 8.47. The van der Waals surface area contributed by atoms with E-state index in [1.807, 2.05) is 35.2 Å². The minimum atomic E-state index is -3.47. The number of amides is 1. The molecule has 0 spiro atoms. The number of hydrogen-bond acceptors (Lipinski definition) is 9. The van der Waals surface area contributed by atoms with Crippen molar-refractivity contribution in [3.05, 3.63) is 47.7 Å². The van der Waals surface area contributed by atoms with Crippen LogP contribution in [0.5, 0.6) is 5.88 Å². The second-order valence-corrected chi connectivity index (χ2v) is 10.8. The fourth-order valence-corrected chi connectivity index (χ4v) is 5.90. The monoisotopic (exact) mass is 489 g/mol. The number of hydrogen-bond donors (Lipinski definition) is 1. The van der Waals surface area contributed by atoms with Crippen LogP contribution in [0.1, 0.15) is 24.1 Å². The van der Waals surface area contributed by atoms with Crippen molar-refractivity contribution in [1.82, 2.24) is 20.2 Å². The molecule has 1 N–H and O–H groups in total. The maximum atomic E-state index is 13.2. The van der Waals surface area contributed by atoms with Crippen LogP contribution in [0.2, 0.25) is 0 Å². The van der Waals surface area contributed by atoms with Crippen LogP contribution in [0.4, 0.5) is 10.7 Å². The standard InChI is InChI=1S/C23H31N5O5S/c1-32-21-15-19(25-22(26-21)27-13-9-24-10-14-27)17-34(30,31)20-7-11-28(12-8-20)23(29)33-16-18-5-3-2-4-6-18/h2-6,15,20,24H,7-14,16-17H2,1H3. The molecule has 0 radical (unpaired) electrons. The largest absolute Gasteiger partial charge is 0.481 e. The van der Waals surface area contributed by atoms with Gasteiger partial charge in [-0.25, -0.2) is 18.2 Å². The Morgan fingerprint density at radius 1 is 1.09 bits per heavy atom. The molecule has 10 nitrogen and oxygen atoms in total. The molecule has 1 amide bonds. The number of sulfone groups is 1. The predicted octanol–water partition coefficient (Wildman–Crippen LogP) is 1.61. The Balaban J connectivity index is 1.34. The summed E-state index contributed by atoms with van der Waals surface area (Å²) in [6.07, 6.45) is 0.326. The van der Waals surface area contributed by atoms with Gasteiger partial charge in [0.15, 0.2) is 9.84 Å². The minimum absolute atomic E-state index is 0.186. The lowest BCUT2D eigenvalue weighted by Gasteiger charge is -2.31. The van der Waals surface area contributed by atoms with Crippen LogP contribution >= 0.6 is 0 Å². The van der Waals surface area contributed by atoms with Crippen LogP contribution in [-0.2, 0) is 26.9 Å². The predicted molar refractivity (Wildman–Crippen MR) is 128 cm³/mol. The van der Waals surface area contributed by atoms with Crippen molar-refractivity contribution in [3.8, 4) is 5.88 Å². The van der Waals surface area contributed by atoms with Gasteiger partial charge in [0.1, 0.15) is 6.61 Å².